The van der Waals surface area contributed by atoms with E-state index in [0.29, 0.717) is 24.6 Å². The maximum atomic E-state index is 12.8. The van der Waals surface area contributed by atoms with E-state index < -0.39 is 11.7 Å². The van der Waals surface area contributed by atoms with Crippen LogP contribution in [0.3, 0.4) is 0 Å². The molecule has 0 saturated carbocycles. The minimum absolute atomic E-state index is 0.0138. The van der Waals surface area contributed by atoms with E-state index in [1.54, 1.807) is 24.1 Å². The Labute approximate surface area is 183 Å². The largest absolute Gasteiger partial charge is 0.497 e. The number of fused-ring (bicyclic) bond motifs is 1. The lowest BCUT2D eigenvalue weighted by Crippen LogP contribution is -2.41. The molecule has 1 saturated heterocycles. The first-order valence-electron chi connectivity index (χ1n) is 10.9. The minimum atomic E-state index is -0.421. The fourth-order valence-electron chi connectivity index (χ4n) is 4.37. The Morgan fingerprint density at radius 3 is 2.32 bits per heavy atom. The Hall–Kier alpha value is -3.08. The molecule has 1 aliphatic heterocycles. The van der Waals surface area contributed by atoms with E-state index >= 15 is 0 Å². The van der Waals surface area contributed by atoms with Crippen molar-refractivity contribution in [1.29, 1.82) is 0 Å². The molecule has 1 N–H and O–H groups in total. The highest BCUT2D eigenvalue weighted by atomic mass is 16.5. The van der Waals surface area contributed by atoms with E-state index in [2.05, 4.69) is 38.0 Å². The number of aromatic nitrogens is 1. The Morgan fingerprint density at radius 1 is 1.03 bits per heavy atom. The first-order chi connectivity index (χ1) is 14.8. The van der Waals surface area contributed by atoms with Crippen molar-refractivity contribution < 1.29 is 14.3 Å². The molecule has 0 aliphatic carbocycles. The number of ketones is 1. The zero-order valence-corrected chi connectivity index (χ0v) is 18.7. The average molecular weight is 419 g/mol. The first kappa shape index (κ1) is 21.2. The van der Waals surface area contributed by atoms with Gasteiger partial charge in [-0.2, -0.15) is 0 Å². The molecule has 0 radical (unpaired) electrons. The van der Waals surface area contributed by atoms with Crippen LogP contribution in [0.15, 0.2) is 48.7 Å². The molecule has 3 aromatic rings. The Bertz CT molecular complexity index is 1100. The van der Waals surface area contributed by atoms with Gasteiger partial charge in [0.1, 0.15) is 5.75 Å². The SMILES string of the molecule is COc1ccc2[nH]cc(C3CCN(C(=O)C(=O)c4ccc(C(C)(C)C)cc4)CC3)c2c1. The molecule has 0 spiro atoms. The van der Waals surface area contributed by atoms with Crippen LogP contribution in [-0.2, 0) is 10.2 Å². The number of benzene rings is 2. The van der Waals surface area contributed by atoms with Gasteiger partial charge in [-0.25, -0.2) is 0 Å². The van der Waals surface area contributed by atoms with Crippen LogP contribution in [0.1, 0.15) is 61.0 Å². The number of Topliss-reactive ketones (excluding diaryl/α,β-unsaturated/α-hetero) is 1. The molecule has 1 fully saturated rings. The number of nitrogens with one attached hydrogen (secondary N) is 1. The van der Waals surface area contributed by atoms with Gasteiger partial charge in [0.25, 0.3) is 5.91 Å². The van der Waals surface area contributed by atoms with Crippen LogP contribution in [0.25, 0.3) is 10.9 Å². The van der Waals surface area contributed by atoms with Crippen molar-refractivity contribution in [3.8, 4) is 5.75 Å². The Kier molecular flexibility index (Phi) is 5.61. The molecule has 4 rings (SSSR count). The molecule has 1 aliphatic rings. The van der Waals surface area contributed by atoms with Crippen molar-refractivity contribution in [2.75, 3.05) is 20.2 Å². The number of hydrogen-bond donors (Lipinski definition) is 1. The minimum Gasteiger partial charge on any atom is -0.497 e. The standard InChI is InChI=1S/C26H30N2O3/c1-26(2,3)19-7-5-18(6-8-19)24(29)25(30)28-13-11-17(12-14-28)22-16-27-23-10-9-20(31-4)15-21(22)23/h5-10,15-17,27H,11-14H2,1-4H3. The molecular formula is C26H30N2O3. The van der Waals surface area contributed by atoms with Crippen molar-refractivity contribution in [3.63, 3.8) is 0 Å². The van der Waals surface area contributed by atoms with Crippen LogP contribution in [-0.4, -0.2) is 41.8 Å². The second-order valence-electron chi connectivity index (χ2n) is 9.38. The number of nitrogens with zero attached hydrogens (tertiary/aromatic N) is 1. The summed E-state index contributed by atoms with van der Waals surface area (Å²) in [6.45, 7) is 7.56. The summed E-state index contributed by atoms with van der Waals surface area (Å²) in [6, 6.07) is 13.5. The number of carbonyl (C=O) groups is 2. The summed E-state index contributed by atoms with van der Waals surface area (Å²) in [5.41, 5.74) is 3.96. The number of ether oxygens (including phenoxy) is 1. The summed E-state index contributed by atoms with van der Waals surface area (Å²) in [5.74, 6) is 0.369. The van der Waals surface area contributed by atoms with Crippen LogP contribution >= 0.6 is 0 Å². The second kappa shape index (κ2) is 8.22. The fraction of sp³-hybridized carbons (Fsp3) is 0.385. The van der Waals surface area contributed by atoms with Crippen LogP contribution in [0.2, 0.25) is 0 Å². The summed E-state index contributed by atoms with van der Waals surface area (Å²) < 4.78 is 5.37. The molecule has 1 amide bonds. The number of likely N-dealkylation sites (tertiary alicyclic amines) is 1. The van der Waals surface area contributed by atoms with Crippen molar-refractivity contribution in [3.05, 3.63) is 65.4 Å². The van der Waals surface area contributed by atoms with Gasteiger partial charge in [-0.3, -0.25) is 9.59 Å². The summed E-state index contributed by atoms with van der Waals surface area (Å²) in [4.78, 5) is 30.6. The van der Waals surface area contributed by atoms with Gasteiger partial charge < -0.3 is 14.6 Å². The Balaban J connectivity index is 1.43. The van der Waals surface area contributed by atoms with Gasteiger partial charge in [0.15, 0.2) is 0 Å². The lowest BCUT2D eigenvalue weighted by atomic mass is 9.86. The number of hydrogen-bond acceptors (Lipinski definition) is 3. The fourth-order valence-corrected chi connectivity index (χ4v) is 4.37. The topological polar surface area (TPSA) is 62.4 Å². The van der Waals surface area contributed by atoms with Gasteiger partial charge in [0, 0.05) is 35.8 Å². The third-order valence-electron chi connectivity index (χ3n) is 6.35. The van der Waals surface area contributed by atoms with Crippen molar-refractivity contribution in [2.45, 2.75) is 44.9 Å². The van der Waals surface area contributed by atoms with Crippen LogP contribution in [0, 0.1) is 0 Å². The van der Waals surface area contributed by atoms with Gasteiger partial charge >= 0.3 is 0 Å². The quantitative estimate of drug-likeness (QED) is 0.476. The zero-order valence-electron chi connectivity index (χ0n) is 18.7. The van der Waals surface area contributed by atoms with E-state index in [1.807, 2.05) is 24.3 Å². The predicted molar refractivity (Wildman–Crippen MR) is 123 cm³/mol. The van der Waals surface area contributed by atoms with Crippen molar-refractivity contribution in [2.24, 2.45) is 0 Å². The zero-order chi connectivity index (χ0) is 22.2. The highest BCUT2D eigenvalue weighted by Crippen LogP contribution is 2.35. The van der Waals surface area contributed by atoms with Gasteiger partial charge in [0.05, 0.1) is 7.11 Å². The van der Waals surface area contributed by atoms with E-state index in [1.165, 1.54) is 10.9 Å². The maximum absolute atomic E-state index is 12.8. The van der Waals surface area contributed by atoms with E-state index in [0.717, 1.165) is 29.7 Å². The summed E-state index contributed by atoms with van der Waals surface area (Å²) >= 11 is 0. The third kappa shape index (κ3) is 4.22. The van der Waals surface area contributed by atoms with Gasteiger partial charge in [-0.05, 0) is 53.5 Å². The number of aromatic amines is 1. The number of piperidine rings is 1. The summed E-state index contributed by atoms with van der Waals surface area (Å²) in [5, 5.41) is 1.17. The molecule has 0 bridgehead atoms. The maximum Gasteiger partial charge on any atom is 0.294 e. The molecule has 1 aromatic heterocycles. The average Bonchev–Trinajstić information content (AvgIpc) is 3.21. The predicted octanol–water partition coefficient (Wildman–Crippen LogP) is 5.06. The smallest absolute Gasteiger partial charge is 0.294 e. The monoisotopic (exact) mass is 418 g/mol. The number of amides is 1. The lowest BCUT2D eigenvalue weighted by molar-refractivity contribution is -0.127. The second-order valence-corrected chi connectivity index (χ2v) is 9.38. The Morgan fingerprint density at radius 2 is 1.71 bits per heavy atom. The summed E-state index contributed by atoms with van der Waals surface area (Å²) in [6.07, 6.45) is 3.74. The molecule has 31 heavy (non-hydrogen) atoms. The van der Waals surface area contributed by atoms with Crippen LogP contribution in [0.5, 0.6) is 5.75 Å². The van der Waals surface area contributed by atoms with Crippen molar-refractivity contribution >= 4 is 22.6 Å². The number of H-pyrrole nitrogens is 1. The molecule has 0 unspecified atom stereocenters. The molecule has 0 atom stereocenters. The number of carbonyl (C=O) groups excluding carboxylic acids is 2. The molecule has 5 nitrogen and oxygen atoms in total. The normalized spacial score (nSPS) is 15.3. The first-order valence-corrected chi connectivity index (χ1v) is 10.9. The number of rotatable bonds is 4. The highest BCUT2D eigenvalue weighted by molar-refractivity contribution is 6.42. The highest BCUT2D eigenvalue weighted by Gasteiger charge is 2.29. The molecular weight excluding hydrogens is 388 g/mol. The number of methoxy groups -OCH3 is 1. The van der Waals surface area contributed by atoms with E-state index in [-0.39, 0.29) is 5.41 Å². The third-order valence-corrected chi connectivity index (χ3v) is 6.35. The van der Waals surface area contributed by atoms with E-state index in [4.69, 9.17) is 4.74 Å². The van der Waals surface area contributed by atoms with Crippen molar-refractivity contribution in [1.82, 2.24) is 9.88 Å². The molecule has 2 heterocycles. The molecule has 5 heteroatoms. The lowest BCUT2D eigenvalue weighted by Gasteiger charge is -2.31. The van der Waals surface area contributed by atoms with E-state index in [9.17, 15) is 9.59 Å². The molecule has 2 aromatic carbocycles. The van der Waals surface area contributed by atoms with Crippen LogP contribution in [0.4, 0.5) is 0 Å². The van der Waals surface area contributed by atoms with Crippen LogP contribution < -0.4 is 4.74 Å². The summed E-state index contributed by atoms with van der Waals surface area (Å²) in [7, 11) is 1.67. The molecule has 162 valence electrons. The van der Waals surface area contributed by atoms with Gasteiger partial charge in [-0.1, -0.05) is 45.0 Å². The van der Waals surface area contributed by atoms with Gasteiger partial charge in [0.2, 0.25) is 5.78 Å². The van der Waals surface area contributed by atoms with Gasteiger partial charge in [-0.15, -0.1) is 0 Å².